The van der Waals surface area contributed by atoms with E-state index in [4.69, 9.17) is 5.11 Å². The molecular weight excluding hydrogens is 315 g/mol. The van der Waals surface area contributed by atoms with Gasteiger partial charge in [-0.05, 0) is 12.8 Å². The van der Waals surface area contributed by atoms with Gasteiger partial charge >= 0.3 is 12.1 Å². The van der Waals surface area contributed by atoms with Crippen LogP contribution in [0.5, 0.6) is 0 Å². The Kier molecular flexibility index (Phi) is 3.97. The standard InChI is InChI=1S/C10H12F3N3O4S/c11-10(12,13)6-15-5-7(4-14-15)21(19,20)16-3-1-2-8(16)9(17)18/h4-5,8H,1-3,6H2,(H,17,18). The number of carboxylic acids is 1. The van der Waals surface area contributed by atoms with Crippen LogP contribution in [0.15, 0.2) is 17.3 Å². The largest absolute Gasteiger partial charge is 0.480 e. The van der Waals surface area contributed by atoms with E-state index in [2.05, 4.69) is 5.10 Å². The summed E-state index contributed by atoms with van der Waals surface area (Å²) in [6, 6.07) is -1.19. The van der Waals surface area contributed by atoms with Gasteiger partial charge in [-0.25, -0.2) is 8.42 Å². The molecule has 0 saturated carbocycles. The summed E-state index contributed by atoms with van der Waals surface area (Å²) >= 11 is 0. The van der Waals surface area contributed by atoms with Crippen molar-refractivity contribution >= 4 is 16.0 Å². The molecule has 1 aromatic rings. The van der Waals surface area contributed by atoms with Gasteiger partial charge in [-0.1, -0.05) is 0 Å². The van der Waals surface area contributed by atoms with Gasteiger partial charge in [0.25, 0.3) is 0 Å². The summed E-state index contributed by atoms with van der Waals surface area (Å²) in [5, 5.41) is 12.3. The number of carboxylic acid groups (broad SMARTS) is 1. The van der Waals surface area contributed by atoms with Crippen LogP contribution in [0.1, 0.15) is 12.8 Å². The van der Waals surface area contributed by atoms with Gasteiger partial charge in [0.05, 0.1) is 6.20 Å². The van der Waals surface area contributed by atoms with Crippen LogP contribution >= 0.6 is 0 Å². The van der Waals surface area contributed by atoms with Crippen molar-refractivity contribution in [2.45, 2.75) is 36.5 Å². The number of aliphatic carboxylic acids is 1. The van der Waals surface area contributed by atoms with Gasteiger partial charge in [0.15, 0.2) is 0 Å². The Morgan fingerprint density at radius 1 is 1.48 bits per heavy atom. The molecule has 7 nitrogen and oxygen atoms in total. The lowest BCUT2D eigenvalue weighted by Gasteiger charge is -2.19. The summed E-state index contributed by atoms with van der Waals surface area (Å²) in [6.45, 7) is -1.39. The Labute approximate surface area is 118 Å². The minimum atomic E-state index is -4.52. The van der Waals surface area contributed by atoms with Gasteiger partial charge in [0.1, 0.15) is 17.5 Å². The lowest BCUT2D eigenvalue weighted by Crippen LogP contribution is -2.40. The number of rotatable bonds is 4. The van der Waals surface area contributed by atoms with Crippen molar-refractivity contribution in [2.24, 2.45) is 0 Å². The highest BCUT2D eigenvalue weighted by Crippen LogP contribution is 2.26. The smallest absolute Gasteiger partial charge is 0.408 e. The lowest BCUT2D eigenvalue weighted by molar-refractivity contribution is -0.142. The molecule has 0 bridgehead atoms. The average Bonchev–Trinajstić information content (AvgIpc) is 2.93. The average molecular weight is 327 g/mol. The van der Waals surface area contributed by atoms with Crippen molar-refractivity contribution in [3.8, 4) is 0 Å². The third-order valence-corrected chi connectivity index (χ3v) is 4.91. The molecule has 0 radical (unpaired) electrons. The molecule has 118 valence electrons. The summed E-state index contributed by atoms with van der Waals surface area (Å²) in [6.07, 6.45) is -2.43. The third kappa shape index (κ3) is 3.35. The van der Waals surface area contributed by atoms with E-state index in [0.29, 0.717) is 11.1 Å². The zero-order valence-corrected chi connectivity index (χ0v) is 11.4. The zero-order valence-electron chi connectivity index (χ0n) is 10.6. The van der Waals surface area contributed by atoms with Gasteiger partial charge in [-0.15, -0.1) is 0 Å². The van der Waals surface area contributed by atoms with Crippen molar-refractivity contribution in [2.75, 3.05) is 6.54 Å². The highest BCUT2D eigenvalue weighted by molar-refractivity contribution is 7.89. The fourth-order valence-electron chi connectivity index (χ4n) is 2.16. The molecule has 21 heavy (non-hydrogen) atoms. The third-order valence-electron chi connectivity index (χ3n) is 3.05. The van der Waals surface area contributed by atoms with Crippen LogP contribution in [0.3, 0.4) is 0 Å². The maximum absolute atomic E-state index is 12.3. The van der Waals surface area contributed by atoms with E-state index in [0.717, 1.165) is 16.7 Å². The summed E-state index contributed by atoms with van der Waals surface area (Å²) in [5.74, 6) is -1.28. The van der Waals surface area contributed by atoms with Crippen LogP contribution in [0.2, 0.25) is 0 Å². The van der Waals surface area contributed by atoms with Crippen molar-refractivity contribution < 1.29 is 31.5 Å². The first-order valence-corrected chi connectivity index (χ1v) is 7.39. The van der Waals surface area contributed by atoms with E-state index in [-0.39, 0.29) is 13.0 Å². The van der Waals surface area contributed by atoms with E-state index in [9.17, 15) is 26.4 Å². The van der Waals surface area contributed by atoms with Crippen molar-refractivity contribution in [1.29, 1.82) is 0 Å². The van der Waals surface area contributed by atoms with Crippen molar-refractivity contribution in [3.63, 3.8) is 0 Å². The van der Waals surface area contributed by atoms with Crippen LogP contribution < -0.4 is 0 Å². The predicted molar refractivity (Wildman–Crippen MR) is 62.8 cm³/mol. The molecule has 0 amide bonds. The molecule has 1 saturated heterocycles. The van der Waals surface area contributed by atoms with Gasteiger partial charge in [-0.2, -0.15) is 22.6 Å². The number of sulfonamides is 1. The Bertz CT molecular complexity index is 640. The highest BCUT2D eigenvalue weighted by Gasteiger charge is 2.40. The molecule has 0 aliphatic carbocycles. The SMILES string of the molecule is O=C(O)C1CCCN1S(=O)(=O)c1cnn(CC(F)(F)F)c1. The second-order valence-electron chi connectivity index (χ2n) is 4.60. The maximum atomic E-state index is 12.3. The predicted octanol–water partition coefficient (Wildman–Crippen LogP) is 0.683. The minimum absolute atomic E-state index is 0.0176. The quantitative estimate of drug-likeness (QED) is 0.878. The molecule has 1 aromatic heterocycles. The van der Waals surface area contributed by atoms with Gasteiger partial charge in [0, 0.05) is 12.7 Å². The number of hydrogen-bond acceptors (Lipinski definition) is 4. The number of nitrogens with zero attached hydrogens (tertiary/aromatic N) is 3. The summed E-state index contributed by atoms with van der Waals surface area (Å²) in [5.41, 5.74) is 0. The molecule has 2 heterocycles. The molecule has 0 aromatic carbocycles. The Morgan fingerprint density at radius 2 is 2.14 bits per heavy atom. The Morgan fingerprint density at radius 3 is 2.71 bits per heavy atom. The molecule has 1 N–H and O–H groups in total. The Balaban J connectivity index is 2.26. The number of alkyl halides is 3. The topological polar surface area (TPSA) is 92.5 Å². The van der Waals surface area contributed by atoms with Crippen LogP contribution in [0, 0.1) is 0 Å². The summed E-state index contributed by atoms with van der Waals surface area (Å²) in [4.78, 5) is 10.6. The first kappa shape index (κ1) is 15.8. The molecule has 11 heteroatoms. The maximum Gasteiger partial charge on any atom is 0.408 e. The second-order valence-corrected chi connectivity index (χ2v) is 6.49. The van der Waals surface area contributed by atoms with Gasteiger partial charge in [0.2, 0.25) is 10.0 Å². The van der Waals surface area contributed by atoms with E-state index in [1.165, 1.54) is 0 Å². The second kappa shape index (κ2) is 5.30. The number of hydrogen-bond donors (Lipinski definition) is 1. The van der Waals surface area contributed by atoms with Crippen molar-refractivity contribution in [3.05, 3.63) is 12.4 Å². The molecule has 0 spiro atoms. The van der Waals surface area contributed by atoms with E-state index in [1.807, 2.05) is 0 Å². The molecule has 2 rings (SSSR count). The number of carbonyl (C=O) groups is 1. The summed E-state index contributed by atoms with van der Waals surface area (Å²) < 4.78 is 62.4. The minimum Gasteiger partial charge on any atom is -0.480 e. The van der Waals surface area contributed by atoms with E-state index < -0.39 is 39.7 Å². The number of aromatic nitrogens is 2. The van der Waals surface area contributed by atoms with Crippen LogP contribution in [-0.2, 0) is 21.4 Å². The molecule has 1 atom stereocenters. The first-order valence-electron chi connectivity index (χ1n) is 5.95. The molecular formula is C10H12F3N3O4S. The Hall–Kier alpha value is -1.62. The molecule has 1 fully saturated rings. The highest BCUT2D eigenvalue weighted by atomic mass is 32.2. The lowest BCUT2D eigenvalue weighted by atomic mass is 10.2. The van der Waals surface area contributed by atoms with Crippen molar-refractivity contribution in [1.82, 2.24) is 14.1 Å². The van der Waals surface area contributed by atoms with E-state index >= 15 is 0 Å². The normalized spacial score (nSPS) is 20.8. The van der Waals surface area contributed by atoms with Crippen LogP contribution in [0.4, 0.5) is 13.2 Å². The van der Waals surface area contributed by atoms with Gasteiger partial charge < -0.3 is 5.11 Å². The number of halogens is 3. The zero-order chi connectivity index (χ0) is 15.8. The molecule has 1 aliphatic rings. The molecule has 1 unspecified atom stereocenters. The van der Waals surface area contributed by atoms with Crippen LogP contribution in [0.25, 0.3) is 0 Å². The summed E-state index contributed by atoms with van der Waals surface area (Å²) in [7, 11) is -4.17. The van der Waals surface area contributed by atoms with Gasteiger partial charge in [-0.3, -0.25) is 9.48 Å². The fourth-order valence-corrected chi connectivity index (χ4v) is 3.76. The monoisotopic (exact) mass is 327 g/mol. The fraction of sp³-hybridized carbons (Fsp3) is 0.600. The van der Waals surface area contributed by atoms with E-state index in [1.54, 1.807) is 0 Å². The van der Waals surface area contributed by atoms with Crippen LogP contribution in [-0.4, -0.2) is 52.3 Å². The first-order chi connectivity index (χ1) is 9.61. The molecule has 1 aliphatic heterocycles.